The molecule has 0 atom stereocenters. The van der Waals surface area contributed by atoms with Crippen LogP contribution < -0.4 is 10.1 Å². The van der Waals surface area contributed by atoms with Gasteiger partial charge >= 0.3 is 0 Å². The van der Waals surface area contributed by atoms with Crippen molar-refractivity contribution in [3.63, 3.8) is 0 Å². The maximum absolute atomic E-state index is 12.3. The highest BCUT2D eigenvalue weighted by molar-refractivity contribution is 7.22. The molecular weight excluding hydrogens is 302 g/mol. The van der Waals surface area contributed by atoms with E-state index >= 15 is 0 Å². The van der Waals surface area contributed by atoms with Crippen molar-refractivity contribution in [1.29, 1.82) is 0 Å². The second kappa shape index (κ2) is 5.76. The Kier molecular flexibility index (Phi) is 3.81. The Balaban J connectivity index is 1.86. The molecule has 1 N–H and O–H groups in total. The van der Waals surface area contributed by atoms with Gasteiger partial charge < -0.3 is 9.26 Å². The van der Waals surface area contributed by atoms with Gasteiger partial charge in [0.1, 0.15) is 17.1 Å². The molecule has 2 heterocycles. The minimum atomic E-state index is -0.264. The van der Waals surface area contributed by atoms with Gasteiger partial charge in [0.15, 0.2) is 5.13 Å². The third-order valence-electron chi connectivity index (χ3n) is 3.15. The fourth-order valence-corrected chi connectivity index (χ4v) is 3.07. The number of nitrogens with one attached hydrogen (secondary N) is 1. The molecule has 0 bridgehead atoms. The highest BCUT2D eigenvalue weighted by atomic mass is 32.1. The molecule has 1 aromatic carbocycles. The number of rotatable bonds is 4. The predicted molar refractivity (Wildman–Crippen MR) is 84.7 cm³/mol. The van der Waals surface area contributed by atoms with Crippen LogP contribution in [-0.4, -0.2) is 22.7 Å². The van der Waals surface area contributed by atoms with Crippen LogP contribution in [0.15, 0.2) is 22.7 Å². The monoisotopic (exact) mass is 317 g/mol. The van der Waals surface area contributed by atoms with Gasteiger partial charge in [0.05, 0.1) is 22.5 Å². The van der Waals surface area contributed by atoms with Crippen molar-refractivity contribution in [2.75, 3.05) is 11.9 Å². The summed E-state index contributed by atoms with van der Waals surface area (Å²) in [6.07, 6.45) is 0. The highest BCUT2D eigenvalue weighted by Crippen LogP contribution is 2.29. The fraction of sp³-hybridized carbons (Fsp3) is 0.267. The molecule has 3 rings (SSSR count). The van der Waals surface area contributed by atoms with Crippen LogP contribution in [0.2, 0.25) is 0 Å². The molecule has 0 fully saturated rings. The summed E-state index contributed by atoms with van der Waals surface area (Å²) in [4.78, 5) is 16.7. The van der Waals surface area contributed by atoms with Crippen LogP contribution in [0.3, 0.4) is 0 Å². The summed E-state index contributed by atoms with van der Waals surface area (Å²) in [5, 5.41) is 7.11. The lowest BCUT2D eigenvalue weighted by Crippen LogP contribution is -2.13. The van der Waals surface area contributed by atoms with Crippen LogP contribution in [0.4, 0.5) is 5.13 Å². The zero-order valence-electron chi connectivity index (χ0n) is 12.5. The van der Waals surface area contributed by atoms with Gasteiger partial charge in [-0.05, 0) is 39.0 Å². The number of aromatic nitrogens is 2. The summed E-state index contributed by atoms with van der Waals surface area (Å²) in [6.45, 7) is 5.99. The first-order valence-corrected chi connectivity index (χ1v) is 7.67. The summed E-state index contributed by atoms with van der Waals surface area (Å²) in [7, 11) is 0. The van der Waals surface area contributed by atoms with Gasteiger partial charge in [-0.25, -0.2) is 4.98 Å². The molecule has 0 aliphatic heterocycles. The molecule has 7 heteroatoms. The normalized spacial score (nSPS) is 10.9. The second-order valence-electron chi connectivity index (χ2n) is 4.73. The van der Waals surface area contributed by atoms with E-state index in [9.17, 15) is 4.79 Å². The van der Waals surface area contributed by atoms with Crippen molar-refractivity contribution in [3.8, 4) is 5.75 Å². The van der Waals surface area contributed by atoms with Gasteiger partial charge in [-0.1, -0.05) is 16.5 Å². The number of hydrogen-bond acceptors (Lipinski definition) is 6. The number of nitrogens with zero attached hydrogens (tertiary/aromatic N) is 2. The number of carbonyl (C=O) groups excluding carboxylic acids is 1. The summed E-state index contributed by atoms with van der Waals surface area (Å²) in [5.74, 6) is 1.03. The predicted octanol–water partition coefficient (Wildman–Crippen LogP) is 3.55. The average Bonchev–Trinajstić information content (AvgIpc) is 3.01. The topological polar surface area (TPSA) is 77.2 Å². The molecule has 0 aliphatic carbocycles. The van der Waals surface area contributed by atoms with E-state index in [1.165, 1.54) is 11.3 Å². The number of amides is 1. The lowest BCUT2D eigenvalue weighted by atomic mass is 10.2. The smallest absolute Gasteiger partial charge is 0.262 e. The van der Waals surface area contributed by atoms with Gasteiger partial charge in [-0.15, -0.1) is 0 Å². The molecule has 0 aliphatic rings. The maximum Gasteiger partial charge on any atom is 0.262 e. The highest BCUT2D eigenvalue weighted by Gasteiger charge is 2.18. The van der Waals surface area contributed by atoms with Crippen molar-refractivity contribution < 1.29 is 14.1 Å². The largest absolute Gasteiger partial charge is 0.494 e. The number of ether oxygens (including phenoxy) is 1. The Bertz CT molecular complexity index is 818. The molecule has 0 unspecified atom stereocenters. The Morgan fingerprint density at radius 2 is 2.23 bits per heavy atom. The van der Waals surface area contributed by atoms with Crippen molar-refractivity contribution in [2.24, 2.45) is 0 Å². The van der Waals surface area contributed by atoms with Crippen LogP contribution >= 0.6 is 11.3 Å². The van der Waals surface area contributed by atoms with Crippen LogP contribution in [-0.2, 0) is 0 Å². The van der Waals surface area contributed by atoms with Crippen molar-refractivity contribution >= 4 is 32.6 Å². The second-order valence-corrected chi connectivity index (χ2v) is 5.77. The van der Waals surface area contributed by atoms with E-state index in [1.54, 1.807) is 13.8 Å². The number of thiazole rings is 1. The van der Waals surface area contributed by atoms with Crippen molar-refractivity contribution in [1.82, 2.24) is 10.1 Å². The van der Waals surface area contributed by atoms with E-state index in [0.29, 0.717) is 28.8 Å². The van der Waals surface area contributed by atoms with Gasteiger partial charge in [0.25, 0.3) is 5.91 Å². The average molecular weight is 317 g/mol. The number of benzene rings is 1. The first-order valence-electron chi connectivity index (χ1n) is 6.86. The third kappa shape index (κ3) is 2.67. The minimum Gasteiger partial charge on any atom is -0.494 e. The molecule has 3 aromatic rings. The summed E-state index contributed by atoms with van der Waals surface area (Å²) < 4.78 is 11.4. The van der Waals surface area contributed by atoms with Gasteiger partial charge in [0.2, 0.25) is 0 Å². The first kappa shape index (κ1) is 14.5. The third-order valence-corrected chi connectivity index (χ3v) is 4.09. The molecular formula is C15H15N3O3S. The zero-order chi connectivity index (χ0) is 15.7. The van der Waals surface area contributed by atoms with Crippen molar-refractivity contribution in [2.45, 2.75) is 20.8 Å². The minimum absolute atomic E-state index is 0.264. The molecule has 0 spiro atoms. The Labute approximate surface area is 131 Å². The molecule has 0 radical (unpaired) electrons. The number of fused-ring (bicyclic) bond motifs is 1. The summed E-state index contributed by atoms with van der Waals surface area (Å²) in [6, 6.07) is 5.66. The van der Waals surface area contributed by atoms with Gasteiger partial charge in [-0.3, -0.25) is 10.1 Å². The van der Waals surface area contributed by atoms with Crippen LogP contribution in [0.1, 0.15) is 28.7 Å². The van der Waals surface area contributed by atoms with E-state index in [0.717, 1.165) is 16.0 Å². The SMILES string of the molecule is CCOc1ccc2nc(NC(=O)c3c(C)noc3C)sc2c1. The molecule has 114 valence electrons. The van der Waals surface area contributed by atoms with Gasteiger partial charge in [-0.2, -0.15) is 0 Å². The van der Waals surface area contributed by atoms with Gasteiger partial charge in [0, 0.05) is 0 Å². The van der Waals surface area contributed by atoms with E-state index in [2.05, 4.69) is 15.5 Å². The number of anilines is 1. The quantitative estimate of drug-likeness (QED) is 0.796. The number of hydrogen-bond donors (Lipinski definition) is 1. The van der Waals surface area contributed by atoms with Crippen LogP contribution in [0, 0.1) is 13.8 Å². The van der Waals surface area contributed by atoms with Crippen LogP contribution in [0.25, 0.3) is 10.2 Å². The summed E-state index contributed by atoms with van der Waals surface area (Å²) in [5.41, 5.74) is 1.84. The molecule has 1 amide bonds. The summed E-state index contributed by atoms with van der Waals surface area (Å²) >= 11 is 1.40. The molecule has 6 nitrogen and oxygen atoms in total. The van der Waals surface area contributed by atoms with E-state index in [1.807, 2.05) is 25.1 Å². The van der Waals surface area contributed by atoms with E-state index in [4.69, 9.17) is 9.26 Å². The molecule has 22 heavy (non-hydrogen) atoms. The first-order chi connectivity index (χ1) is 10.6. The lowest BCUT2D eigenvalue weighted by molar-refractivity contribution is 0.102. The van der Waals surface area contributed by atoms with Crippen LogP contribution in [0.5, 0.6) is 5.75 Å². The standard InChI is InChI=1S/C15H15N3O3S/c1-4-20-10-5-6-11-12(7-10)22-15(16-11)17-14(19)13-8(2)18-21-9(13)3/h5-7H,4H2,1-3H3,(H,16,17,19). The van der Waals surface area contributed by atoms with Crippen molar-refractivity contribution in [3.05, 3.63) is 35.2 Å². The Morgan fingerprint density at radius 1 is 1.41 bits per heavy atom. The Morgan fingerprint density at radius 3 is 2.91 bits per heavy atom. The maximum atomic E-state index is 12.3. The molecule has 2 aromatic heterocycles. The van der Waals surface area contributed by atoms with E-state index in [-0.39, 0.29) is 5.91 Å². The number of carbonyl (C=O) groups is 1. The fourth-order valence-electron chi connectivity index (χ4n) is 2.18. The lowest BCUT2D eigenvalue weighted by Gasteiger charge is -2.00. The number of aryl methyl sites for hydroxylation is 2. The zero-order valence-corrected chi connectivity index (χ0v) is 13.3. The Hall–Kier alpha value is -2.41. The van der Waals surface area contributed by atoms with E-state index < -0.39 is 0 Å². The molecule has 0 saturated carbocycles. The molecule has 0 saturated heterocycles.